The fourth-order valence-corrected chi connectivity index (χ4v) is 3.86. The molecule has 0 amide bonds. The monoisotopic (exact) mass is 433 g/mol. The second-order valence-electron chi connectivity index (χ2n) is 7.37. The number of hydrogen-bond donors (Lipinski definition) is 0. The van der Waals surface area contributed by atoms with Crippen molar-refractivity contribution >= 4 is 17.6 Å². The van der Waals surface area contributed by atoms with Crippen LogP contribution in [0.4, 0.5) is 0 Å². The fourth-order valence-electron chi connectivity index (χ4n) is 3.86. The predicted molar refractivity (Wildman–Crippen MR) is 126 cm³/mol. The van der Waals surface area contributed by atoms with Crippen LogP contribution in [0.3, 0.4) is 0 Å². The van der Waals surface area contributed by atoms with E-state index in [1.165, 1.54) is 97.4 Å². The Morgan fingerprint density at radius 3 is 0.885 bits per heavy atom. The molecule has 0 spiro atoms. The van der Waals surface area contributed by atoms with E-state index >= 15 is 0 Å². The van der Waals surface area contributed by atoms with E-state index < -0.39 is 0 Å². The average Bonchev–Trinajstić information content (AvgIpc) is 2.65. The maximum absolute atomic E-state index is 2.57. The number of rotatable bonds is 18. The third kappa shape index (κ3) is 14.5. The summed E-state index contributed by atoms with van der Waals surface area (Å²) in [6.07, 6.45) is 8.40. The summed E-state index contributed by atoms with van der Waals surface area (Å²) < 4.78 is 0. The van der Waals surface area contributed by atoms with Crippen molar-refractivity contribution in [2.75, 3.05) is 58.9 Å². The van der Waals surface area contributed by atoms with Gasteiger partial charge in [-0.3, -0.25) is 0 Å². The molecule has 0 bridgehead atoms. The van der Waals surface area contributed by atoms with Crippen LogP contribution < -0.4 is 0 Å². The van der Waals surface area contributed by atoms with Crippen molar-refractivity contribution in [2.24, 2.45) is 5.92 Å². The second-order valence-corrected chi connectivity index (χ2v) is 7.37. The first-order valence-corrected chi connectivity index (χ1v) is 11.3. The van der Waals surface area contributed by atoms with E-state index in [2.05, 4.69) is 56.2 Å². The van der Waals surface area contributed by atoms with Gasteiger partial charge in [0, 0.05) is 0 Å². The first-order chi connectivity index (χ1) is 12.1. The Kier molecular flexibility index (Phi) is 22.2. The van der Waals surface area contributed by atoms with Crippen molar-refractivity contribution in [3.8, 4) is 0 Å². The first-order valence-electron chi connectivity index (χ1n) is 11.3. The zero-order chi connectivity index (χ0) is 18.9. The zero-order valence-corrected chi connectivity index (χ0v) is 18.5. The van der Waals surface area contributed by atoms with E-state index in [1.54, 1.807) is 0 Å². The van der Waals surface area contributed by atoms with Gasteiger partial charge < -0.3 is 14.7 Å². The van der Waals surface area contributed by atoms with Gasteiger partial charge >= 0.3 is 17.6 Å². The molecule has 0 aliphatic rings. The van der Waals surface area contributed by atoms with Crippen LogP contribution in [0.1, 0.15) is 80.1 Å². The SMILES string of the molecule is CCN(CC)CCCC(CCCN(CC)CC)CCCN(CC)CC.[GeH4]. The van der Waals surface area contributed by atoms with Crippen molar-refractivity contribution in [3.05, 3.63) is 0 Å². The molecule has 0 unspecified atom stereocenters. The van der Waals surface area contributed by atoms with E-state index in [1.807, 2.05) is 0 Å². The normalized spacial score (nSPS) is 11.8. The Labute approximate surface area is 177 Å². The van der Waals surface area contributed by atoms with Crippen LogP contribution in [0.2, 0.25) is 0 Å². The van der Waals surface area contributed by atoms with Gasteiger partial charge in [0.05, 0.1) is 0 Å². The molecule has 0 atom stereocenters. The molecule has 0 rings (SSSR count). The summed E-state index contributed by atoms with van der Waals surface area (Å²) in [4.78, 5) is 7.72. The molecule has 0 radical (unpaired) electrons. The Morgan fingerprint density at radius 2 is 0.692 bits per heavy atom. The molecule has 3 nitrogen and oxygen atoms in total. The minimum absolute atomic E-state index is 0. The molecule has 0 fully saturated rings. The Morgan fingerprint density at radius 1 is 0.462 bits per heavy atom. The summed E-state index contributed by atoms with van der Waals surface area (Å²) in [5, 5.41) is 0. The molecule has 0 aromatic rings. The van der Waals surface area contributed by atoms with Gasteiger partial charge in [-0.15, -0.1) is 0 Å². The summed E-state index contributed by atoms with van der Waals surface area (Å²) in [7, 11) is 0. The minimum atomic E-state index is 0. The number of nitrogens with zero attached hydrogens (tertiary/aromatic N) is 3. The average molecular weight is 432 g/mol. The van der Waals surface area contributed by atoms with Crippen molar-refractivity contribution in [3.63, 3.8) is 0 Å². The number of hydrogen-bond acceptors (Lipinski definition) is 3. The van der Waals surface area contributed by atoms with Gasteiger partial charge in [0.25, 0.3) is 0 Å². The standard InChI is InChI=1S/C22H49N3.GeH4/c1-7-23(8-2)19-13-16-22(17-14-20-24(9-3)10-4)18-15-21-25(11-5)12-6;/h22H,7-21H2,1-6H3;1H4. The van der Waals surface area contributed by atoms with E-state index in [-0.39, 0.29) is 17.6 Å². The molecule has 0 saturated heterocycles. The molecule has 0 heterocycles. The molecule has 0 aromatic carbocycles. The van der Waals surface area contributed by atoms with Crippen LogP contribution >= 0.6 is 0 Å². The van der Waals surface area contributed by atoms with Crippen molar-refractivity contribution < 1.29 is 0 Å². The van der Waals surface area contributed by atoms with Gasteiger partial charge in [-0.05, 0) is 103 Å². The fraction of sp³-hybridized carbons (Fsp3) is 1.00. The molecule has 0 aliphatic carbocycles. The van der Waals surface area contributed by atoms with Gasteiger partial charge in [0.15, 0.2) is 0 Å². The van der Waals surface area contributed by atoms with E-state index in [9.17, 15) is 0 Å². The van der Waals surface area contributed by atoms with Crippen LogP contribution in [0.25, 0.3) is 0 Å². The molecule has 4 heteroatoms. The molecule has 160 valence electrons. The van der Waals surface area contributed by atoms with E-state index in [0.29, 0.717) is 0 Å². The summed E-state index contributed by atoms with van der Waals surface area (Å²) in [6, 6.07) is 0. The van der Waals surface area contributed by atoms with E-state index in [4.69, 9.17) is 0 Å². The van der Waals surface area contributed by atoms with Crippen LogP contribution in [-0.2, 0) is 0 Å². The van der Waals surface area contributed by atoms with Crippen molar-refractivity contribution in [2.45, 2.75) is 80.1 Å². The third-order valence-electron chi connectivity index (χ3n) is 5.94. The third-order valence-corrected chi connectivity index (χ3v) is 5.94. The summed E-state index contributed by atoms with van der Waals surface area (Å²) in [5.74, 6) is 0.932. The summed E-state index contributed by atoms with van der Waals surface area (Å²) in [5.41, 5.74) is 0. The maximum atomic E-state index is 2.57. The molecule has 0 saturated carbocycles. The first kappa shape index (κ1) is 28.6. The van der Waals surface area contributed by atoms with Gasteiger partial charge in [0.1, 0.15) is 0 Å². The Bertz CT molecular complexity index is 221. The zero-order valence-electron chi connectivity index (χ0n) is 18.5. The molecule has 0 aromatic heterocycles. The second kappa shape index (κ2) is 20.2. The predicted octanol–water partition coefficient (Wildman–Crippen LogP) is 3.52. The van der Waals surface area contributed by atoms with E-state index in [0.717, 1.165) is 5.92 Å². The molecular formula is C22H53GeN3. The van der Waals surface area contributed by atoms with Crippen LogP contribution in [0.5, 0.6) is 0 Å². The topological polar surface area (TPSA) is 9.72 Å². The van der Waals surface area contributed by atoms with Gasteiger partial charge in [0.2, 0.25) is 0 Å². The Hall–Kier alpha value is 0.423. The van der Waals surface area contributed by atoms with Crippen LogP contribution in [0.15, 0.2) is 0 Å². The Balaban J connectivity index is 0. The van der Waals surface area contributed by atoms with Gasteiger partial charge in [-0.1, -0.05) is 41.5 Å². The van der Waals surface area contributed by atoms with Gasteiger partial charge in [-0.25, -0.2) is 0 Å². The van der Waals surface area contributed by atoms with Crippen LogP contribution in [-0.4, -0.2) is 91.2 Å². The summed E-state index contributed by atoms with van der Waals surface area (Å²) in [6.45, 7) is 24.8. The molecule has 26 heavy (non-hydrogen) atoms. The quantitative estimate of drug-likeness (QED) is 0.307. The molecular weight excluding hydrogens is 379 g/mol. The van der Waals surface area contributed by atoms with Gasteiger partial charge in [-0.2, -0.15) is 0 Å². The molecule has 0 N–H and O–H groups in total. The molecule has 0 aliphatic heterocycles. The van der Waals surface area contributed by atoms with Crippen LogP contribution in [0, 0.1) is 5.92 Å². The van der Waals surface area contributed by atoms with Crippen molar-refractivity contribution in [1.29, 1.82) is 0 Å². The van der Waals surface area contributed by atoms with Crippen molar-refractivity contribution in [1.82, 2.24) is 14.7 Å². The summed E-state index contributed by atoms with van der Waals surface area (Å²) >= 11 is 0.